The molecule has 0 radical (unpaired) electrons. The Morgan fingerprint density at radius 1 is 1.50 bits per heavy atom. The second-order valence-electron chi connectivity index (χ2n) is 2.49. The molecule has 6 heteroatoms. The minimum absolute atomic E-state index is 0.00324. The van der Waals surface area contributed by atoms with Gasteiger partial charge < -0.3 is 0 Å². The fourth-order valence-corrected chi connectivity index (χ4v) is 1.45. The molecule has 0 spiro atoms. The Balaban J connectivity index is 3.09. The number of pyridine rings is 1. The van der Waals surface area contributed by atoms with Crippen LogP contribution < -0.4 is 0 Å². The Labute approximate surface area is 86.5 Å². The van der Waals surface area contributed by atoms with Crippen molar-refractivity contribution < 1.29 is 13.2 Å². The van der Waals surface area contributed by atoms with Crippen LogP contribution in [0, 0.1) is 11.3 Å². The van der Waals surface area contributed by atoms with Gasteiger partial charge in [0, 0.05) is 10.7 Å². The van der Waals surface area contributed by atoms with Gasteiger partial charge in [-0.25, -0.2) is 0 Å². The van der Waals surface area contributed by atoms with Crippen molar-refractivity contribution >= 4 is 15.9 Å². The number of nitrogens with zero attached hydrogens (tertiary/aromatic N) is 2. The van der Waals surface area contributed by atoms with Gasteiger partial charge in [0.1, 0.15) is 0 Å². The third kappa shape index (κ3) is 2.45. The van der Waals surface area contributed by atoms with Crippen LogP contribution in [0.25, 0.3) is 0 Å². The number of aromatic nitrogens is 1. The maximum Gasteiger partial charge on any atom is 0.418 e. The highest BCUT2D eigenvalue weighted by molar-refractivity contribution is 9.10. The van der Waals surface area contributed by atoms with Crippen molar-refractivity contribution in [3.05, 3.63) is 28.0 Å². The van der Waals surface area contributed by atoms with Crippen molar-refractivity contribution in [3.63, 3.8) is 0 Å². The molecule has 0 amide bonds. The normalized spacial score (nSPS) is 11.1. The molecule has 74 valence electrons. The second-order valence-corrected chi connectivity index (χ2v) is 3.34. The van der Waals surface area contributed by atoms with Gasteiger partial charge in [0.15, 0.2) is 0 Å². The molecule has 2 nitrogen and oxygen atoms in total. The number of alkyl halides is 3. The third-order valence-electron chi connectivity index (χ3n) is 1.48. The summed E-state index contributed by atoms with van der Waals surface area (Å²) in [6, 6.07) is 3.01. The summed E-state index contributed by atoms with van der Waals surface area (Å²) in [6.07, 6.45) is -3.70. The van der Waals surface area contributed by atoms with Crippen LogP contribution in [0.2, 0.25) is 0 Å². The van der Waals surface area contributed by atoms with Crippen LogP contribution in [-0.4, -0.2) is 4.98 Å². The van der Waals surface area contributed by atoms with E-state index in [2.05, 4.69) is 20.9 Å². The first-order valence-corrected chi connectivity index (χ1v) is 4.33. The number of rotatable bonds is 1. The summed E-state index contributed by atoms with van der Waals surface area (Å²) in [5.41, 5.74) is -0.522. The zero-order valence-corrected chi connectivity index (χ0v) is 8.35. The molecule has 0 saturated heterocycles. The molecule has 0 fully saturated rings. The van der Waals surface area contributed by atoms with Crippen molar-refractivity contribution in [1.29, 1.82) is 5.26 Å². The first kappa shape index (κ1) is 11.0. The molecule has 0 atom stereocenters. The van der Waals surface area contributed by atoms with Crippen LogP contribution in [0.5, 0.6) is 0 Å². The molecule has 0 N–H and O–H groups in total. The summed E-state index contributed by atoms with van der Waals surface area (Å²) in [5, 5.41) is 8.31. The van der Waals surface area contributed by atoms with Crippen molar-refractivity contribution in [2.75, 3.05) is 0 Å². The van der Waals surface area contributed by atoms with E-state index in [9.17, 15) is 13.2 Å². The first-order valence-electron chi connectivity index (χ1n) is 3.53. The SMILES string of the molecule is N#CCc1cc(Br)c(C(F)(F)F)cn1. The lowest BCUT2D eigenvalue weighted by molar-refractivity contribution is -0.138. The maximum atomic E-state index is 12.2. The average molecular weight is 265 g/mol. The van der Waals surface area contributed by atoms with E-state index in [1.54, 1.807) is 6.07 Å². The largest absolute Gasteiger partial charge is 0.418 e. The third-order valence-corrected chi connectivity index (χ3v) is 2.13. The van der Waals surface area contributed by atoms with Gasteiger partial charge in [0.05, 0.1) is 23.7 Å². The standard InChI is InChI=1S/C8H4BrF3N2/c9-7-3-5(1-2-13)14-4-6(7)8(10,11)12/h3-4H,1H2. The van der Waals surface area contributed by atoms with Gasteiger partial charge in [0.2, 0.25) is 0 Å². The van der Waals surface area contributed by atoms with E-state index < -0.39 is 11.7 Å². The van der Waals surface area contributed by atoms with Crippen molar-refractivity contribution in [2.24, 2.45) is 0 Å². The van der Waals surface area contributed by atoms with Crippen LogP contribution >= 0.6 is 15.9 Å². The molecule has 1 rings (SSSR count). The molecule has 0 saturated carbocycles. The lowest BCUT2D eigenvalue weighted by Crippen LogP contribution is -2.07. The van der Waals surface area contributed by atoms with E-state index in [-0.39, 0.29) is 10.9 Å². The van der Waals surface area contributed by atoms with Crippen LogP contribution in [0.3, 0.4) is 0 Å². The Morgan fingerprint density at radius 2 is 2.14 bits per heavy atom. The molecule has 1 aromatic rings. The monoisotopic (exact) mass is 264 g/mol. The first-order chi connectivity index (χ1) is 6.45. The summed E-state index contributed by atoms with van der Waals surface area (Å²) < 4.78 is 36.6. The van der Waals surface area contributed by atoms with Crippen molar-refractivity contribution in [3.8, 4) is 6.07 Å². The van der Waals surface area contributed by atoms with Crippen LogP contribution in [0.1, 0.15) is 11.3 Å². The van der Waals surface area contributed by atoms with Gasteiger partial charge in [-0.3, -0.25) is 4.98 Å². The lowest BCUT2D eigenvalue weighted by Gasteiger charge is -2.08. The predicted octanol–water partition coefficient (Wildman–Crippen LogP) is 2.93. The number of hydrogen-bond acceptors (Lipinski definition) is 2. The minimum atomic E-state index is -4.42. The molecular formula is C8H4BrF3N2. The van der Waals surface area contributed by atoms with Gasteiger partial charge in [-0.15, -0.1) is 0 Å². The van der Waals surface area contributed by atoms with E-state index in [0.717, 1.165) is 6.20 Å². The molecular weight excluding hydrogens is 261 g/mol. The molecule has 0 bridgehead atoms. The molecule has 0 aliphatic heterocycles. The van der Waals surface area contributed by atoms with E-state index >= 15 is 0 Å². The summed E-state index contributed by atoms with van der Waals surface area (Å²) >= 11 is 2.78. The zero-order chi connectivity index (χ0) is 10.8. The molecule has 0 aliphatic carbocycles. The summed E-state index contributed by atoms with van der Waals surface area (Å²) in [5.74, 6) is 0. The van der Waals surface area contributed by atoms with E-state index in [0.29, 0.717) is 5.69 Å². The number of nitriles is 1. The second kappa shape index (κ2) is 3.96. The summed E-state index contributed by atoms with van der Waals surface area (Å²) in [7, 11) is 0. The van der Waals surface area contributed by atoms with Crippen LogP contribution in [0.15, 0.2) is 16.7 Å². The highest BCUT2D eigenvalue weighted by Crippen LogP contribution is 2.34. The molecule has 0 aromatic carbocycles. The highest BCUT2D eigenvalue weighted by atomic mass is 79.9. The van der Waals surface area contributed by atoms with Crippen molar-refractivity contribution in [1.82, 2.24) is 4.98 Å². The summed E-state index contributed by atoms with van der Waals surface area (Å²) in [6.45, 7) is 0. The van der Waals surface area contributed by atoms with Crippen molar-refractivity contribution in [2.45, 2.75) is 12.6 Å². The summed E-state index contributed by atoms with van der Waals surface area (Å²) in [4.78, 5) is 3.52. The Kier molecular flexibility index (Phi) is 3.11. The molecule has 0 aliphatic rings. The molecule has 14 heavy (non-hydrogen) atoms. The van der Waals surface area contributed by atoms with Crippen LogP contribution in [-0.2, 0) is 12.6 Å². The molecule has 0 unspecified atom stereocenters. The van der Waals surface area contributed by atoms with E-state index in [4.69, 9.17) is 5.26 Å². The van der Waals surface area contributed by atoms with E-state index in [1.165, 1.54) is 6.07 Å². The Morgan fingerprint density at radius 3 is 2.57 bits per heavy atom. The molecule has 1 heterocycles. The van der Waals surface area contributed by atoms with Gasteiger partial charge in [-0.1, -0.05) is 15.9 Å². The van der Waals surface area contributed by atoms with Gasteiger partial charge in [-0.2, -0.15) is 18.4 Å². The number of hydrogen-bond donors (Lipinski definition) is 0. The zero-order valence-electron chi connectivity index (χ0n) is 6.77. The smallest absolute Gasteiger partial charge is 0.260 e. The highest BCUT2D eigenvalue weighted by Gasteiger charge is 2.33. The van der Waals surface area contributed by atoms with Crippen LogP contribution in [0.4, 0.5) is 13.2 Å². The van der Waals surface area contributed by atoms with Gasteiger partial charge >= 0.3 is 6.18 Å². The van der Waals surface area contributed by atoms with E-state index in [1.807, 2.05) is 0 Å². The van der Waals surface area contributed by atoms with Gasteiger partial charge in [-0.05, 0) is 6.07 Å². The lowest BCUT2D eigenvalue weighted by atomic mass is 10.2. The Bertz CT molecular complexity index is 381. The Hall–Kier alpha value is -1.09. The predicted molar refractivity (Wildman–Crippen MR) is 46.3 cm³/mol. The number of halogens is 4. The molecule has 1 aromatic heterocycles. The maximum absolute atomic E-state index is 12.2. The quantitative estimate of drug-likeness (QED) is 0.782. The minimum Gasteiger partial charge on any atom is -0.260 e. The average Bonchev–Trinajstić information content (AvgIpc) is 2.02. The van der Waals surface area contributed by atoms with Gasteiger partial charge in [0.25, 0.3) is 0 Å². The fraction of sp³-hybridized carbons (Fsp3) is 0.250. The topological polar surface area (TPSA) is 36.7 Å². The fourth-order valence-electron chi connectivity index (χ4n) is 0.857.